The first-order valence-electron chi connectivity index (χ1n) is 7.23. The number of benzene rings is 1. The Balaban J connectivity index is 2.14. The second kappa shape index (κ2) is 6.28. The predicted molar refractivity (Wildman–Crippen MR) is 86.0 cm³/mol. The predicted octanol–water partition coefficient (Wildman–Crippen LogP) is 2.99. The summed E-state index contributed by atoms with van der Waals surface area (Å²) in [5.41, 5.74) is -0.0599. The van der Waals surface area contributed by atoms with Gasteiger partial charge >= 0.3 is 5.97 Å². The summed E-state index contributed by atoms with van der Waals surface area (Å²) in [6, 6.07) is 5.60. The van der Waals surface area contributed by atoms with Crippen LogP contribution in [0.2, 0.25) is 0 Å². The van der Waals surface area contributed by atoms with Crippen LogP contribution in [0.15, 0.2) is 22.7 Å². The Kier molecular flexibility index (Phi) is 4.80. The normalized spacial score (nSPS) is 22.5. The summed E-state index contributed by atoms with van der Waals surface area (Å²) in [5, 5.41) is 9.40. The van der Waals surface area contributed by atoms with E-state index < -0.39 is 17.6 Å². The fraction of sp³-hybridized carbons (Fsp3) is 0.500. The van der Waals surface area contributed by atoms with E-state index >= 15 is 0 Å². The molecule has 120 valence electrons. The Morgan fingerprint density at radius 3 is 2.73 bits per heavy atom. The second-order valence-electron chi connectivity index (χ2n) is 5.87. The van der Waals surface area contributed by atoms with E-state index in [0.29, 0.717) is 25.1 Å². The fourth-order valence-corrected chi connectivity index (χ4v) is 3.29. The summed E-state index contributed by atoms with van der Waals surface area (Å²) >= 11 is 3.41. The van der Waals surface area contributed by atoms with Crippen LogP contribution < -0.4 is 4.74 Å². The first-order valence-corrected chi connectivity index (χ1v) is 8.02. The van der Waals surface area contributed by atoms with Gasteiger partial charge in [0.1, 0.15) is 11.3 Å². The van der Waals surface area contributed by atoms with E-state index in [-0.39, 0.29) is 5.91 Å². The van der Waals surface area contributed by atoms with Gasteiger partial charge in [0.25, 0.3) is 5.91 Å². The summed E-state index contributed by atoms with van der Waals surface area (Å²) in [7, 11) is 0. The zero-order valence-electron chi connectivity index (χ0n) is 12.9. The van der Waals surface area contributed by atoms with Gasteiger partial charge in [0.15, 0.2) is 6.10 Å². The number of rotatable bonds is 4. The van der Waals surface area contributed by atoms with Crippen LogP contribution in [0.3, 0.4) is 0 Å². The first kappa shape index (κ1) is 16.8. The van der Waals surface area contributed by atoms with Gasteiger partial charge in [-0.3, -0.25) is 4.79 Å². The monoisotopic (exact) mass is 369 g/mol. The van der Waals surface area contributed by atoms with Gasteiger partial charge in [0.2, 0.25) is 0 Å². The first-order chi connectivity index (χ1) is 10.3. The number of aliphatic carboxylic acids is 1. The van der Waals surface area contributed by atoms with Gasteiger partial charge in [-0.1, -0.05) is 6.07 Å². The molecule has 1 aliphatic rings. The maximum Gasteiger partial charge on any atom is 0.329 e. The van der Waals surface area contributed by atoms with Crippen molar-refractivity contribution in [3.8, 4) is 5.75 Å². The molecule has 1 amide bonds. The molecule has 1 aromatic rings. The van der Waals surface area contributed by atoms with E-state index in [1.165, 1.54) is 4.90 Å². The molecule has 1 aliphatic heterocycles. The van der Waals surface area contributed by atoms with E-state index in [2.05, 4.69) is 15.9 Å². The van der Waals surface area contributed by atoms with Gasteiger partial charge in [-0.2, -0.15) is 0 Å². The fourth-order valence-electron chi connectivity index (χ4n) is 2.70. The number of nitrogens with zero attached hydrogens (tertiary/aromatic N) is 1. The molecule has 1 aromatic carbocycles. The smallest absolute Gasteiger partial charge is 0.329 e. The van der Waals surface area contributed by atoms with Crippen LogP contribution in [0, 0.1) is 6.92 Å². The molecule has 0 aromatic heterocycles. The Labute approximate surface area is 138 Å². The number of halogens is 1. The van der Waals surface area contributed by atoms with Crippen molar-refractivity contribution in [3.63, 3.8) is 0 Å². The molecule has 1 heterocycles. The van der Waals surface area contributed by atoms with Gasteiger partial charge in [0.05, 0.1) is 4.47 Å². The van der Waals surface area contributed by atoms with Gasteiger partial charge < -0.3 is 14.7 Å². The molecule has 22 heavy (non-hydrogen) atoms. The number of aryl methyl sites for hydroxylation is 1. The molecular formula is C16H20BrNO4. The van der Waals surface area contributed by atoms with Crippen molar-refractivity contribution >= 4 is 27.8 Å². The zero-order valence-corrected chi connectivity index (χ0v) is 14.5. The molecule has 1 fully saturated rings. The molecule has 0 aliphatic carbocycles. The molecule has 1 N–H and O–H groups in total. The Morgan fingerprint density at radius 2 is 2.14 bits per heavy atom. The number of amides is 1. The minimum atomic E-state index is -1.14. The third kappa shape index (κ3) is 3.11. The highest BCUT2D eigenvalue weighted by molar-refractivity contribution is 9.10. The van der Waals surface area contributed by atoms with Gasteiger partial charge in [-0.15, -0.1) is 0 Å². The Hall–Kier alpha value is -1.56. The van der Waals surface area contributed by atoms with E-state index in [1.54, 1.807) is 19.9 Å². The number of hydrogen-bond acceptors (Lipinski definition) is 3. The highest BCUT2D eigenvalue weighted by Crippen LogP contribution is 2.31. The average Bonchev–Trinajstić information content (AvgIpc) is 2.84. The third-order valence-electron chi connectivity index (χ3n) is 4.11. The lowest BCUT2D eigenvalue weighted by atomic mass is 9.99. The van der Waals surface area contributed by atoms with Crippen LogP contribution in [0.1, 0.15) is 32.3 Å². The molecule has 0 spiro atoms. The Bertz CT molecular complexity index is 604. The van der Waals surface area contributed by atoms with Crippen molar-refractivity contribution in [1.29, 1.82) is 0 Å². The Morgan fingerprint density at radius 1 is 1.45 bits per heavy atom. The number of carboxylic acids is 1. The van der Waals surface area contributed by atoms with Crippen molar-refractivity contribution in [2.24, 2.45) is 0 Å². The molecular weight excluding hydrogens is 350 g/mol. The number of hydrogen-bond donors (Lipinski definition) is 1. The molecule has 0 bridgehead atoms. The number of ether oxygens (including phenoxy) is 1. The van der Waals surface area contributed by atoms with Crippen molar-refractivity contribution < 1.29 is 19.4 Å². The van der Waals surface area contributed by atoms with Crippen molar-refractivity contribution in [2.75, 3.05) is 6.54 Å². The standard InChI is InChI=1S/C16H20BrNO4/c1-10-5-6-13(12(17)9-10)22-11(2)14(19)18-8-4-7-16(18,3)15(20)21/h5-6,9,11H,4,7-8H2,1-3H3,(H,20,21). The topological polar surface area (TPSA) is 66.8 Å². The molecule has 5 nitrogen and oxygen atoms in total. The minimum Gasteiger partial charge on any atom is -0.480 e. The average molecular weight is 370 g/mol. The number of carboxylic acid groups (broad SMARTS) is 1. The summed E-state index contributed by atoms with van der Waals surface area (Å²) in [5.74, 6) is -0.695. The zero-order chi connectivity index (χ0) is 16.5. The maximum absolute atomic E-state index is 12.6. The van der Waals surface area contributed by atoms with Crippen LogP contribution in [0.25, 0.3) is 0 Å². The maximum atomic E-state index is 12.6. The summed E-state index contributed by atoms with van der Waals surface area (Å²) in [6.45, 7) is 5.65. The van der Waals surface area contributed by atoms with E-state index in [9.17, 15) is 14.7 Å². The minimum absolute atomic E-state index is 0.296. The lowest BCUT2D eigenvalue weighted by Gasteiger charge is -2.33. The molecule has 6 heteroatoms. The van der Waals surface area contributed by atoms with Crippen LogP contribution in [0.4, 0.5) is 0 Å². The van der Waals surface area contributed by atoms with Gasteiger partial charge in [0, 0.05) is 6.54 Å². The van der Waals surface area contributed by atoms with Crippen molar-refractivity contribution in [2.45, 2.75) is 45.3 Å². The quantitative estimate of drug-likeness (QED) is 0.885. The van der Waals surface area contributed by atoms with Crippen LogP contribution in [-0.4, -0.2) is 40.1 Å². The molecule has 2 unspecified atom stereocenters. The van der Waals surface area contributed by atoms with Crippen molar-refractivity contribution in [1.82, 2.24) is 4.90 Å². The van der Waals surface area contributed by atoms with Crippen LogP contribution in [0.5, 0.6) is 5.75 Å². The lowest BCUT2D eigenvalue weighted by molar-refractivity contribution is -0.157. The van der Waals surface area contributed by atoms with E-state index in [0.717, 1.165) is 10.0 Å². The molecule has 0 radical (unpaired) electrons. The summed E-state index contributed by atoms with van der Waals surface area (Å²) < 4.78 is 6.49. The van der Waals surface area contributed by atoms with E-state index in [1.807, 2.05) is 19.1 Å². The number of carbonyl (C=O) groups is 2. The van der Waals surface area contributed by atoms with Crippen LogP contribution >= 0.6 is 15.9 Å². The van der Waals surface area contributed by atoms with Crippen molar-refractivity contribution in [3.05, 3.63) is 28.2 Å². The van der Waals surface area contributed by atoms with Gasteiger partial charge in [-0.05, 0) is 67.2 Å². The summed E-state index contributed by atoms with van der Waals surface area (Å²) in [6.07, 6.45) is 0.417. The molecule has 1 saturated heterocycles. The largest absolute Gasteiger partial charge is 0.480 e. The SMILES string of the molecule is Cc1ccc(OC(C)C(=O)N2CCCC2(C)C(=O)O)c(Br)c1. The highest BCUT2D eigenvalue weighted by Gasteiger charge is 2.47. The summed E-state index contributed by atoms with van der Waals surface area (Å²) in [4.78, 5) is 25.5. The second-order valence-corrected chi connectivity index (χ2v) is 6.72. The highest BCUT2D eigenvalue weighted by atomic mass is 79.9. The lowest BCUT2D eigenvalue weighted by Crippen LogP contribution is -2.54. The molecule has 0 saturated carbocycles. The number of likely N-dealkylation sites (tertiary alicyclic amines) is 1. The molecule has 2 atom stereocenters. The molecule has 2 rings (SSSR count). The number of carbonyl (C=O) groups excluding carboxylic acids is 1. The third-order valence-corrected chi connectivity index (χ3v) is 4.73. The van der Waals surface area contributed by atoms with E-state index in [4.69, 9.17) is 4.74 Å². The van der Waals surface area contributed by atoms with Crippen LogP contribution in [-0.2, 0) is 9.59 Å². The van der Waals surface area contributed by atoms with Gasteiger partial charge in [-0.25, -0.2) is 4.79 Å².